The summed E-state index contributed by atoms with van der Waals surface area (Å²) in [5.74, 6) is 1.95. The van der Waals surface area contributed by atoms with Gasteiger partial charge in [0.25, 0.3) is 5.91 Å². The Morgan fingerprint density at radius 3 is 2.58 bits per heavy atom. The van der Waals surface area contributed by atoms with Crippen molar-refractivity contribution in [1.82, 2.24) is 9.80 Å². The van der Waals surface area contributed by atoms with Gasteiger partial charge in [0.2, 0.25) is 0 Å². The number of benzene rings is 2. The number of methoxy groups -OCH3 is 1. The molecule has 3 aliphatic rings. The molecule has 1 atom stereocenters. The molecule has 0 N–H and O–H groups in total. The van der Waals surface area contributed by atoms with E-state index in [1.165, 1.54) is 0 Å². The van der Waals surface area contributed by atoms with Crippen LogP contribution in [0.5, 0.6) is 17.2 Å². The summed E-state index contributed by atoms with van der Waals surface area (Å²) < 4.78 is 23.2. The van der Waals surface area contributed by atoms with Crippen molar-refractivity contribution >= 4 is 34.5 Å². The fourth-order valence-electron chi connectivity index (χ4n) is 6.60. The molecule has 2 saturated heterocycles. The lowest BCUT2D eigenvalue weighted by Crippen LogP contribution is -2.46. The molecule has 10 nitrogen and oxygen atoms in total. The van der Waals surface area contributed by atoms with Crippen LogP contribution in [0.3, 0.4) is 0 Å². The highest BCUT2D eigenvalue weighted by Gasteiger charge is 2.32. The molecular formula is C35H44N4O6. The van der Waals surface area contributed by atoms with E-state index in [0.717, 1.165) is 93.8 Å². The van der Waals surface area contributed by atoms with Crippen LogP contribution in [0.25, 0.3) is 11.0 Å². The number of amides is 1. The van der Waals surface area contributed by atoms with E-state index in [0.29, 0.717) is 34.9 Å². The third-order valence-corrected chi connectivity index (χ3v) is 9.00. The predicted molar refractivity (Wildman–Crippen MR) is 176 cm³/mol. The highest BCUT2D eigenvalue weighted by molar-refractivity contribution is 6.03. The number of carbonyl (C=O) groups excluding carboxylic acids is 1. The van der Waals surface area contributed by atoms with Gasteiger partial charge in [-0.15, -0.1) is 0 Å². The molecule has 240 valence electrons. The number of aryl methyl sites for hydroxylation is 1. The lowest BCUT2D eigenvalue weighted by Gasteiger charge is -2.36. The van der Waals surface area contributed by atoms with Gasteiger partial charge in [-0.05, 0) is 77.6 Å². The second kappa shape index (κ2) is 13.5. The number of ether oxygens (including phenoxy) is 3. The van der Waals surface area contributed by atoms with E-state index < -0.39 is 0 Å². The van der Waals surface area contributed by atoms with Crippen LogP contribution >= 0.6 is 0 Å². The summed E-state index contributed by atoms with van der Waals surface area (Å²) in [6, 6.07) is 9.28. The average molecular weight is 617 g/mol. The molecule has 1 amide bonds. The van der Waals surface area contributed by atoms with Crippen LogP contribution in [0, 0.1) is 6.92 Å². The molecule has 1 aromatic heterocycles. The minimum absolute atomic E-state index is 0.0133. The van der Waals surface area contributed by atoms with Gasteiger partial charge in [-0.2, -0.15) is 0 Å². The predicted octanol–water partition coefficient (Wildman–Crippen LogP) is 5.59. The van der Waals surface area contributed by atoms with Crippen LogP contribution in [-0.4, -0.2) is 87.1 Å². The molecule has 3 aliphatic heterocycles. The molecule has 0 bridgehead atoms. The Kier molecular flexibility index (Phi) is 9.30. The zero-order valence-corrected chi connectivity index (χ0v) is 26.8. The number of nitrogens with zero attached hydrogens (tertiary/aromatic N) is 4. The van der Waals surface area contributed by atoms with E-state index in [2.05, 4.69) is 14.8 Å². The molecule has 2 aromatic carbocycles. The van der Waals surface area contributed by atoms with Crippen LogP contribution in [-0.2, 0) is 0 Å². The summed E-state index contributed by atoms with van der Waals surface area (Å²) in [5.41, 5.74) is 3.27. The van der Waals surface area contributed by atoms with Crippen LogP contribution in [0.15, 0.2) is 44.5 Å². The van der Waals surface area contributed by atoms with E-state index >= 15 is 0 Å². The molecule has 0 saturated carbocycles. The lowest BCUT2D eigenvalue weighted by atomic mass is 10.1. The Hall–Kier alpha value is -4.05. The number of hydrogen-bond donors (Lipinski definition) is 0. The summed E-state index contributed by atoms with van der Waals surface area (Å²) in [6.45, 7) is 11.9. The molecule has 0 spiro atoms. The first-order valence-corrected chi connectivity index (χ1v) is 16.2. The first-order chi connectivity index (χ1) is 21.8. The van der Waals surface area contributed by atoms with Crippen molar-refractivity contribution in [2.24, 2.45) is 4.99 Å². The summed E-state index contributed by atoms with van der Waals surface area (Å²) in [5, 5.41) is 0.946. The quantitative estimate of drug-likeness (QED) is 0.203. The largest absolute Gasteiger partial charge is 0.493 e. The van der Waals surface area contributed by atoms with Gasteiger partial charge >= 0.3 is 5.63 Å². The van der Waals surface area contributed by atoms with Crippen LogP contribution in [0.4, 0.5) is 11.4 Å². The monoisotopic (exact) mass is 616 g/mol. The number of anilines is 1. The van der Waals surface area contributed by atoms with Crippen molar-refractivity contribution in [3.63, 3.8) is 0 Å². The van der Waals surface area contributed by atoms with Crippen molar-refractivity contribution < 1.29 is 23.4 Å². The zero-order valence-electron chi connectivity index (χ0n) is 26.8. The molecule has 45 heavy (non-hydrogen) atoms. The van der Waals surface area contributed by atoms with Gasteiger partial charge in [0.15, 0.2) is 11.5 Å². The molecule has 10 heteroatoms. The van der Waals surface area contributed by atoms with Gasteiger partial charge < -0.3 is 28.4 Å². The number of unbranched alkanes of at least 4 members (excludes halogenated alkanes) is 2. The van der Waals surface area contributed by atoms with Gasteiger partial charge in [0, 0.05) is 62.0 Å². The van der Waals surface area contributed by atoms with Gasteiger partial charge in [0.05, 0.1) is 42.8 Å². The number of fused-ring (bicyclic) bond motifs is 3. The van der Waals surface area contributed by atoms with Crippen LogP contribution in [0.1, 0.15) is 61.9 Å². The molecular weight excluding hydrogens is 572 g/mol. The fraction of sp³-hybridized carbons (Fsp3) is 0.514. The van der Waals surface area contributed by atoms with Crippen LogP contribution in [0.2, 0.25) is 0 Å². The van der Waals surface area contributed by atoms with Crippen molar-refractivity contribution in [3.05, 3.63) is 51.9 Å². The summed E-state index contributed by atoms with van der Waals surface area (Å²) in [6.07, 6.45) is 6.95. The van der Waals surface area contributed by atoms with Gasteiger partial charge in [-0.1, -0.05) is 0 Å². The van der Waals surface area contributed by atoms with E-state index in [1.807, 2.05) is 50.1 Å². The second-order valence-electron chi connectivity index (χ2n) is 12.4. The molecule has 0 aliphatic carbocycles. The van der Waals surface area contributed by atoms with E-state index in [-0.39, 0.29) is 23.7 Å². The molecule has 2 fully saturated rings. The van der Waals surface area contributed by atoms with Gasteiger partial charge in [-0.25, -0.2) is 4.79 Å². The second-order valence-corrected chi connectivity index (χ2v) is 12.4. The number of piperazine rings is 1. The van der Waals surface area contributed by atoms with Gasteiger partial charge in [-0.3, -0.25) is 14.7 Å². The van der Waals surface area contributed by atoms with Crippen LogP contribution < -0.4 is 24.7 Å². The summed E-state index contributed by atoms with van der Waals surface area (Å²) in [7, 11) is 1.60. The topological polar surface area (TPSA) is 97.1 Å². The standard InChI is InChI=1S/C35H44N4O6/c1-23(2)44-30-11-10-26-29(21-33(40)45-34(26)24(30)3)38-16-14-37(15-17-38)12-6-5-7-18-43-32-20-28-27(19-31(32)42-4)35(41)39-13-8-9-25(39)22-36-28/h10-11,19-23,25H,5-9,12-18H2,1-4H3/t25-/m0/s1. The molecule has 3 aromatic rings. The summed E-state index contributed by atoms with van der Waals surface area (Å²) in [4.78, 5) is 36.9. The lowest BCUT2D eigenvalue weighted by molar-refractivity contribution is 0.0774. The number of aliphatic imine (C=N–C) groups is 1. The number of carbonyl (C=O) groups is 1. The van der Waals surface area contributed by atoms with E-state index in [9.17, 15) is 9.59 Å². The maximum absolute atomic E-state index is 13.1. The maximum Gasteiger partial charge on any atom is 0.338 e. The van der Waals surface area contributed by atoms with Crippen molar-refractivity contribution in [2.75, 3.05) is 57.9 Å². The molecule has 0 radical (unpaired) electrons. The third-order valence-electron chi connectivity index (χ3n) is 9.00. The van der Waals surface area contributed by atoms with Gasteiger partial charge in [0.1, 0.15) is 11.3 Å². The number of rotatable bonds is 11. The van der Waals surface area contributed by atoms with E-state index in [4.69, 9.17) is 18.6 Å². The first-order valence-electron chi connectivity index (χ1n) is 16.2. The molecule has 6 rings (SSSR count). The minimum Gasteiger partial charge on any atom is -0.493 e. The van der Waals surface area contributed by atoms with E-state index in [1.54, 1.807) is 19.2 Å². The minimum atomic E-state index is -0.336. The third kappa shape index (κ3) is 6.66. The Labute approximate surface area is 264 Å². The van der Waals surface area contributed by atoms with Crippen molar-refractivity contribution in [1.29, 1.82) is 0 Å². The Morgan fingerprint density at radius 2 is 1.80 bits per heavy atom. The molecule has 0 unspecified atom stereocenters. The molecule has 4 heterocycles. The normalized spacial score (nSPS) is 18.3. The fourth-order valence-corrected chi connectivity index (χ4v) is 6.60. The highest BCUT2D eigenvalue weighted by Crippen LogP contribution is 2.38. The Bertz CT molecular complexity index is 1620. The number of hydrogen-bond acceptors (Lipinski definition) is 9. The zero-order chi connectivity index (χ0) is 31.5. The maximum atomic E-state index is 13.1. The van der Waals surface area contributed by atoms with Crippen molar-refractivity contribution in [2.45, 2.75) is 65.0 Å². The Morgan fingerprint density at radius 1 is 0.978 bits per heavy atom. The average Bonchev–Trinajstić information content (AvgIpc) is 3.47. The Balaban J connectivity index is 0.978. The summed E-state index contributed by atoms with van der Waals surface area (Å²) >= 11 is 0. The smallest absolute Gasteiger partial charge is 0.338 e. The SMILES string of the molecule is COc1cc2c(cc1OCCCCCN1CCN(c3cc(=O)oc4c(C)c(OC(C)C)ccc34)CC1)N=C[C@@H]1CCCN1C2=O. The first kappa shape index (κ1) is 31.0. The highest BCUT2D eigenvalue weighted by atomic mass is 16.5. The van der Waals surface area contributed by atoms with Crippen molar-refractivity contribution in [3.8, 4) is 17.2 Å².